The lowest BCUT2D eigenvalue weighted by atomic mass is 10.1. The van der Waals surface area contributed by atoms with Crippen molar-refractivity contribution >= 4 is 5.97 Å². The molecule has 5 nitrogen and oxygen atoms in total. The van der Waals surface area contributed by atoms with E-state index in [0.717, 1.165) is 45.6 Å². The third-order valence-electron chi connectivity index (χ3n) is 3.68. The van der Waals surface area contributed by atoms with Crippen LogP contribution in [0, 0.1) is 5.92 Å². The maximum Gasteiger partial charge on any atom is 0.307 e. The summed E-state index contributed by atoms with van der Waals surface area (Å²) >= 11 is 0. The van der Waals surface area contributed by atoms with Gasteiger partial charge in [0.1, 0.15) is 0 Å². The highest BCUT2D eigenvalue weighted by Gasteiger charge is 2.15. The molecule has 0 saturated carbocycles. The summed E-state index contributed by atoms with van der Waals surface area (Å²) in [6, 6.07) is 0. The first kappa shape index (κ1) is 19.4. The van der Waals surface area contributed by atoms with E-state index in [1.165, 1.54) is 0 Å². The molecule has 0 aliphatic heterocycles. The first-order valence-electron chi connectivity index (χ1n) is 7.83. The first-order chi connectivity index (χ1) is 9.54. The van der Waals surface area contributed by atoms with Gasteiger partial charge >= 0.3 is 5.97 Å². The van der Waals surface area contributed by atoms with Crippen LogP contribution in [0.1, 0.15) is 40.0 Å². The Hall–Kier alpha value is -0.650. The quantitative estimate of drug-likeness (QED) is 0.503. The molecule has 0 fully saturated rings. The summed E-state index contributed by atoms with van der Waals surface area (Å²) in [4.78, 5) is 15.5. The number of hydrogen-bond acceptors (Lipinski definition) is 4. The topological polar surface area (TPSA) is 64.0 Å². The minimum Gasteiger partial charge on any atom is -0.481 e. The molecule has 120 valence electrons. The predicted octanol–water partition coefficient (Wildman–Crippen LogP) is 1.51. The highest BCUT2D eigenvalue weighted by Crippen LogP contribution is 2.04. The van der Waals surface area contributed by atoms with Gasteiger partial charge in [-0.2, -0.15) is 0 Å². The fraction of sp³-hybridized carbons (Fsp3) is 0.933. The number of carbonyl (C=O) groups is 1. The molecule has 0 aromatic rings. The van der Waals surface area contributed by atoms with E-state index in [1.54, 1.807) is 6.92 Å². The minimum absolute atomic E-state index is 0.164. The number of carboxylic acids is 1. The maximum absolute atomic E-state index is 10.9. The van der Waals surface area contributed by atoms with E-state index < -0.39 is 5.97 Å². The Morgan fingerprint density at radius 3 is 1.95 bits per heavy atom. The Morgan fingerprint density at radius 2 is 1.50 bits per heavy atom. The molecule has 0 aromatic heterocycles. The standard InChI is InChI=1S/C15H32N2O3/c1-4-16(5-2)9-6-7-10-17(11-8-12-18)13-14(3)15(19)20/h14,18H,4-13H2,1-3H3,(H,19,20). The van der Waals surface area contributed by atoms with Crippen molar-refractivity contribution in [3.63, 3.8) is 0 Å². The van der Waals surface area contributed by atoms with Crippen LogP contribution in [0.3, 0.4) is 0 Å². The number of carboxylic acid groups (broad SMARTS) is 1. The second kappa shape index (κ2) is 12.1. The summed E-state index contributed by atoms with van der Waals surface area (Å²) in [5.74, 6) is -1.10. The molecule has 20 heavy (non-hydrogen) atoms. The van der Waals surface area contributed by atoms with E-state index in [9.17, 15) is 4.79 Å². The van der Waals surface area contributed by atoms with Crippen LogP contribution in [0.25, 0.3) is 0 Å². The summed E-state index contributed by atoms with van der Waals surface area (Å²) in [7, 11) is 0. The van der Waals surface area contributed by atoms with Gasteiger partial charge in [-0.1, -0.05) is 20.8 Å². The van der Waals surface area contributed by atoms with Gasteiger partial charge in [-0.15, -0.1) is 0 Å². The lowest BCUT2D eigenvalue weighted by Gasteiger charge is -2.24. The SMILES string of the molecule is CCN(CC)CCCCN(CCCO)CC(C)C(=O)O. The molecule has 0 heterocycles. The van der Waals surface area contributed by atoms with Crippen molar-refractivity contribution in [3.05, 3.63) is 0 Å². The molecule has 0 aliphatic rings. The molecule has 0 spiro atoms. The van der Waals surface area contributed by atoms with Crippen molar-refractivity contribution in [2.45, 2.75) is 40.0 Å². The number of nitrogens with zero attached hydrogens (tertiary/aromatic N) is 2. The highest BCUT2D eigenvalue weighted by atomic mass is 16.4. The Balaban J connectivity index is 4.00. The summed E-state index contributed by atoms with van der Waals surface area (Å²) in [6.45, 7) is 11.8. The predicted molar refractivity (Wildman–Crippen MR) is 82.0 cm³/mol. The maximum atomic E-state index is 10.9. The van der Waals surface area contributed by atoms with Crippen LogP contribution in [0.4, 0.5) is 0 Å². The van der Waals surface area contributed by atoms with Crippen molar-refractivity contribution in [2.24, 2.45) is 5.92 Å². The van der Waals surface area contributed by atoms with Crippen molar-refractivity contribution < 1.29 is 15.0 Å². The van der Waals surface area contributed by atoms with E-state index in [2.05, 4.69) is 23.6 Å². The molecule has 0 radical (unpaired) electrons. The van der Waals surface area contributed by atoms with Gasteiger partial charge in [0.15, 0.2) is 0 Å². The van der Waals surface area contributed by atoms with E-state index in [1.807, 2.05) is 0 Å². The van der Waals surface area contributed by atoms with Gasteiger partial charge in [-0.3, -0.25) is 4.79 Å². The van der Waals surface area contributed by atoms with Crippen molar-refractivity contribution in [2.75, 3.05) is 45.9 Å². The van der Waals surface area contributed by atoms with E-state index in [0.29, 0.717) is 13.0 Å². The van der Waals surface area contributed by atoms with Gasteiger partial charge in [-0.25, -0.2) is 0 Å². The van der Waals surface area contributed by atoms with Gasteiger partial charge in [0.05, 0.1) is 5.92 Å². The van der Waals surface area contributed by atoms with E-state index >= 15 is 0 Å². The minimum atomic E-state index is -0.748. The van der Waals surface area contributed by atoms with Crippen molar-refractivity contribution in [3.8, 4) is 0 Å². The summed E-state index contributed by atoms with van der Waals surface area (Å²) in [5, 5.41) is 17.9. The van der Waals surface area contributed by atoms with E-state index in [4.69, 9.17) is 10.2 Å². The molecule has 0 aliphatic carbocycles. The summed E-state index contributed by atoms with van der Waals surface area (Å²) < 4.78 is 0. The van der Waals surface area contributed by atoms with Crippen LogP contribution >= 0.6 is 0 Å². The molecule has 0 amide bonds. The second-order valence-corrected chi connectivity index (χ2v) is 5.35. The molecule has 0 saturated heterocycles. The Morgan fingerprint density at radius 1 is 1.00 bits per heavy atom. The molecule has 5 heteroatoms. The fourth-order valence-corrected chi connectivity index (χ4v) is 2.26. The number of aliphatic hydroxyl groups is 1. The zero-order valence-electron chi connectivity index (χ0n) is 13.3. The average molecular weight is 288 g/mol. The van der Waals surface area contributed by atoms with Crippen LogP contribution in [0.15, 0.2) is 0 Å². The van der Waals surface area contributed by atoms with Crippen LogP contribution in [0.5, 0.6) is 0 Å². The molecule has 0 rings (SSSR count). The lowest BCUT2D eigenvalue weighted by molar-refractivity contribution is -0.141. The number of unbranched alkanes of at least 4 members (excludes halogenated alkanes) is 1. The molecule has 1 atom stereocenters. The number of hydrogen-bond donors (Lipinski definition) is 2. The summed E-state index contributed by atoms with van der Waals surface area (Å²) in [6.07, 6.45) is 2.93. The Bertz CT molecular complexity index is 245. The zero-order valence-corrected chi connectivity index (χ0v) is 13.3. The fourth-order valence-electron chi connectivity index (χ4n) is 2.26. The molecule has 2 N–H and O–H groups in total. The zero-order chi connectivity index (χ0) is 15.4. The van der Waals surface area contributed by atoms with Gasteiger partial charge in [0, 0.05) is 19.7 Å². The van der Waals surface area contributed by atoms with Crippen molar-refractivity contribution in [1.82, 2.24) is 9.80 Å². The largest absolute Gasteiger partial charge is 0.481 e. The second-order valence-electron chi connectivity index (χ2n) is 5.35. The molecule has 1 unspecified atom stereocenters. The molecule has 0 bridgehead atoms. The smallest absolute Gasteiger partial charge is 0.307 e. The Labute approximate surface area is 123 Å². The monoisotopic (exact) mass is 288 g/mol. The van der Waals surface area contributed by atoms with Crippen LogP contribution in [0.2, 0.25) is 0 Å². The lowest BCUT2D eigenvalue weighted by Crippen LogP contribution is -2.34. The third kappa shape index (κ3) is 9.28. The third-order valence-corrected chi connectivity index (χ3v) is 3.68. The number of aliphatic carboxylic acids is 1. The molecular weight excluding hydrogens is 256 g/mol. The molecule has 0 aromatic carbocycles. The van der Waals surface area contributed by atoms with Crippen molar-refractivity contribution in [1.29, 1.82) is 0 Å². The first-order valence-corrected chi connectivity index (χ1v) is 7.83. The summed E-state index contributed by atoms with van der Waals surface area (Å²) in [5.41, 5.74) is 0. The van der Waals surface area contributed by atoms with E-state index in [-0.39, 0.29) is 12.5 Å². The van der Waals surface area contributed by atoms with Crippen LogP contribution < -0.4 is 0 Å². The van der Waals surface area contributed by atoms with Crippen LogP contribution in [-0.2, 0) is 4.79 Å². The number of aliphatic hydroxyl groups excluding tert-OH is 1. The number of rotatable bonds is 13. The van der Waals surface area contributed by atoms with Gasteiger partial charge in [0.25, 0.3) is 0 Å². The van der Waals surface area contributed by atoms with Crippen LogP contribution in [-0.4, -0.2) is 71.9 Å². The Kier molecular flexibility index (Phi) is 11.7. The average Bonchev–Trinajstić information content (AvgIpc) is 2.44. The van der Waals surface area contributed by atoms with Gasteiger partial charge in [-0.05, 0) is 45.4 Å². The molecular formula is C15H32N2O3. The van der Waals surface area contributed by atoms with Gasteiger partial charge < -0.3 is 20.0 Å². The van der Waals surface area contributed by atoms with Gasteiger partial charge in [0.2, 0.25) is 0 Å². The normalized spacial score (nSPS) is 13.1. The highest BCUT2D eigenvalue weighted by molar-refractivity contribution is 5.69.